The number of ether oxygens (including phenoxy) is 2. The van der Waals surface area contributed by atoms with E-state index in [1.807, 2.05) is 152 Å². The molecule has 3 heterocycles. The number of amides is 2. The number of nitrogens with one attached hydrogen (secondary N) is 2. The Labute approximate surface area is 398 Å². The van der Waals surface area contributed by atoms with E-state index in [0.29, 0.717) is 16.5 Å². The molecule has 8 rings (SSSR count). The molecular weight excluding hydrogens is 883 g/mol. The first-order valence-corrected chi connectivity index (χ1v) is 23.8. The van der Waals surface area contributed by atoms with E-state index in [-0.39, 0.29) is 17.1 Å². The number of hydrogen-bond acceptors (Lipinski definition) is 12. The third-order valence-electron chi connectivity index (χ3n) is 11.2. The van der Waals surface area contributed by atoms with Crippen molar-refractivity contribution >= 4 is 57.7 Å². The quantitative estimate of drug-likeness (QED) is 0.0336. The summed E-state index contributed by atoms with van der Waals surface area (Å²) in [6.45, 7) is 9.99. The topological polar surface area (TPSA) is 149 Å². The molecule has 2 N–H and O–H groups in total. The Kier molecular flexibility index (Phi) is 13.5. The van der Waals surface area contributed by atoms with E-state index in [1.165, 1.54) is 41.8 Å². The van der Waals surface area contributed by atoms with E-state index in [1.54, 1.807) is 33.1 Å². The van der Waals surface area contributed by atoms with E-state index in [9.17, 15) is 19.2 Å². The van der Waals surface area contributed by atoms with Crippen molar-refractivity contribution in [2.45, 2.75) is 75.8 Å². The van der Waals surface area contributed by atoms with Gasteiger partial charge in [0.15, 0.2) is 16.9 Å². The summed E-state index contributed by atoms with van der Waals surface area (Å²) in [6, 6.07) is 47.8. The molecule has 2 unspecified atom stereocenters. The van der Waals surface area contributed by atoms with Crippen molar-refractivity contribution in [2.75, 3.05) is 11.1 Å². The number of rotatable bonds is 15. The number of oxime groups is 1. The molecule has 0 spiro atoms. The minimum absolute atomic E-state index is 0.126. The molecule has 2 atom stereocenters. The van der Waals surface area contributed by atoms with Crippen molar-refractivity contribution < 1.29 is 33.5 Å². The largest absolute Gasteiger partial charge is 0.457 e. The van der Waals surface area contributed by atoms with E-state index >= 15 is 0 Å². The molecule has 0 saturated carbocycles. The summed E-state index contributed by atoms with van der Waals surface area (Å²) in [4.78, 5) is 68.4. The zero-order chi connectivity index (χ0) is 47.3. The van der Waals surface area contributed by atoms with Crippen LogP contribution >= 0.6 is 23.1 Å². The lowest BCUT2D eigenvalue weighted by atomic mass is 9.77. The van der Waals surface area contributed by atoms with Crippen molar-refractivity contribution in [1.82, 2.24) is 15.2 Å². The number of anilines is 1. The zero-order valence-corrected chi connectivity index (χ0v) is 39.6. The lowest BCUT2D eigenvalue weighted by Crippen LogP contribution is -2.71. The number of β-lactam (4-membered cyclic amide) rings is 1. The highest BCUT2D eigenvalue weighted by Gasteiger charge is 2.54. The Balaban J connectivity index is 1.09. The summed E-state index contributed by atoms with van der Waals surface area (Å²) in [6.07, 6.45) is -0.727. The molecule has 5 aromatic carbocycles. The lowest BCUT2D eigenvalue weighted by molar-refractivity contribution is -0.179. The van der Waals surface area contributed by atoms with E-state index in [4.69, 9.17) is 19.3 Å². The summed E-state index contributed by atoms with van der Waals surface area (Å²) < 4.78 is 11.8. The summed E-state index contributed by atoms with van der Waals surface area (Å²) in [5, 5.41) is 12.4. The van der Waals surface area contributed by atoms with Crippen molar-refractivity contribution in [3.05, 3.63) is 202 Å². The number of carbonyl (C=O) groups excluding carboxylic acids is 4. The lowest BCUT2D eigenvalue weighted by Gasteiger charge is -2.49. The normalized spacial score (nSPS) is 16.4. The third kappa shape index (κ3) is 9.91. The molecule has 1 fully saturated rings. The van der Waals surface area contributed by atoms with Crippen LogP contribution in [0.1, 0.15) is 81.2 Å². The Morgan fingerprint density at radius 2 is 1.24 bits per heavy atom. The van der Waals surface area contributed by atoms with Crippen LogP contribution in [-0.4, -0.2) is 67.7 Å². The molecule has 342 valence electrons. The highest BCUT2D eigenvalue weighted by molar-refractivity contribution is 8.00. The molecule has 0 bridgehead atoms. The van der Waals surface area contributed by atoms with Gasteiger partial charge in [-0.05, 0) is 74.9 Å². The number of nitrogens with zero attached hydrogens (tertiary/aromatic N) is 3. The minimum Gasteiger partial charge on any atom is -0.457 e. The fourth-order valence-electron chi connectivity index (χ4n) is 7.90. The van der Waals surface area contributed by atoms with Gasteiger partial charge in [0, 0.05) is 11.1 Å². The zero-order valence-electron chi connectivity index (χ0n) is 38.0. The number of benzene rings is 5. The van der Waals surface area contributed by atoms with Gasteiger partial charge in [0.1, 0.15) is 33.9 Å². The molecule has 2 amide bonds. The second kappa shape index (κ2) is 19.4. The van der Waals surface area contributed by atoms with Gasteiger partial charge in [-0.2, -0.15) is 0 Å². The first kappa shape index (κ1) is 46.5. The first-order valence-electron chi connectivity index (χ1n) is 21.8. The monoisotopic (exact) mass is 933 g/mol. The van der Waals surface area contributed by atoms with Gasteiger partial charge >= 0.3 is 11.9 Å². The summed E-state index contributed by atoms with van der Waals surface area (Å²) in [7, 11) is 0. The fraction of sp³-hybridized carbons (Fsp3) is 0.245. The first-order chi connectivity index (χ1) is 32.2. The Morgan fingerprint density at radius 1 is 0.746 bits per heavy atom. The highest BCUT2D eigenvalue weighted by atomic mass is 32.2. The van der Waals surface area contributed by atoms with Crippen molar-refractivity contribution in [2.24, 2.45) is 5.16 Å². The van der Waals surface area contributed by atoms with Gasteiger partial charge in [0.25, 0.3) is 11.8 Å². The predicted molar refractivity (Wildman–Crippen MR) is 261 cm³/mol. The van der Waals surface area contributed by atoms with E-state index in [2.05, 4.69) is 15.8 Å². The van der Waals surface area contributed by atoms with Gasteiger partial charge in [-0.1, -0.05) is 157 Å². The number of fused-ring (bicyclic) bond motifs is 1. The predicted octanol–water partition coefficient (Wildman–Crippen LogP) is 9.39. The maximum Gasteiger partial charge on any atom is 0.356 e. The van der Waals surface area contributed by atoms with Gasteiger partial charge in [0.05, 0.1) is 0 Å². The van der Waals surface area contributed by atoms with Crippen LogP contribution in [0.15, 0.2) is 173 Å². The van der Waals surface area contributed by atoms with E-state index in [0.717, 1.165) is 27.8 Å². The Hall–Kier alpha value is -7.03. The van der Waals surface area contributed by atoms with Crippen LogP contribution in [0.3, 0.4) is 0 Å². The maximum absolute atomic E-state index is 14.6. The molecule has 12 nitrogen and oxygen atoms in total. The number of esters is 2. The average Bonchev–Trinajstić information content (AvgIpc) is 3.80. The molecule has 1 saturated heterocycles. The van der Waals surface area contributed by atoms with Crippen LogP contribution in [0.2, 0.25) is 0 Å². The van der Waals surface area contributed by atoms with Crippen LogP contribution in [0.5, 0.6) is 0 Å². The molecular formula is C53H51N5O7S2. The molecule has 6 aromatic rings. The number of thioether (sulfide) groups is 1. The average molecular weight is 934 g/mol. The molecule has 0 aliphatic carbocycles. The summed E-state index contributed by atoms with van der Waals surface area (Å²) in [5.74, 6) is -2.22. The molecule has 14 heteroatoms. The van der Waals surface area contributed by atoms with E-state index < -0.39 is 58.0 Å². The fourth-order valence-corrected chi connectivity index (χ4v) is 9.95. The minimum atomic E-state index is -1.63. The number of carbonyl (C=O) groups is 4. The smallest absolute Gasteiger partial charge is 0.356 e. The van der Waals surface area contributed by atoms with Crippen molar-refractivity contribution in [1.29, 1.82) is 0 Å². The number of thiazole rings is 1. The van der Waals surface area contributed by atoms with Crippen LogP contribution in [0, 0.1) is 0 Å². The van der Waals surface area contributed by atoms with Gasteiger partial charge in [-0.25, -0.2) is 14.6 Å². The van der Waals surface area contributed by atoms with Gasteiger partial charge in [-0.3, -0.25) is 14.5 Å². The van der Waals surface area contributed by atoms with Gasteiger partial charge in [-0.15, -0.1) is 23.1 Å². The molecule has 67 heavy (non-hydrogen) atoms. The SMILES string of the molecule is CC1=C(C(=O)OC(c2ccccc2)c2ccccc2)N2C(=O)C(NC(=O)C(=NOC(C)(C)C(=O)OC(C)(C)C)c3csc(NC(c4ccccc4)(c4ccccc4)c4ccccc4)n3)C2SC1. The van der Waals surface area contributed by atoms with Crippen LogP contribution in [-0.2, 0) is 39.0 Å². The highest BCUT2D eigenvalue weighted by Crippen LogP contribution is 2.43. The van der Waals surface area contributed by atoms with Crippen molar-refractivity contribution in [3.8, 4) is 0 Å². The standard InChI is InChI=1S/C53H51N5O7S2/c1-34-32-66-47-42(46(60)58(47)43(34)48(61)63-44(35-22-12-7-13-23-35)36-24-14-8-15-25-36)55-45(59)41(57-65-52(5,6)49(62)64-51(2,3)4)40-33-67-50(54-40)56-53(37-26-16-9-17-27-37,38-28-18-10-19-29-38)39-30-20-11-21-31-39/h7-31,33,42,44,47H,32H2,1-6H3,(H,54,56)(H,55,59). The van der Waals surface area contributed by atoms with Crippen LogP contribution < -0.4 is 10.6 Å². The van der Waals surface area contributed by atoms with Gasteiger partial charge < -0.3 is 24.9 Å². The van der Waals surface area contributed by atoms with Crippen molar-refractivity contribution in [3.63, 3.8) is 0 Å². The molecule has 2 aliphatic rings. The second-order valence-electron chi connectivity index (χ2n) is 17.7. The second-order valence-corrected chi connectivity index (χ2v) is 19.6. The van der Waals surface area contributed by atoms with Gasteiger partial charge in [0.2, 0.25) is 5.60 Å². The maximum atomic E-state index is 14.6. The van der Waals surface area contributed by atoms with Crippen LogP contribution in [0.4, 0.5) is 5.13 Å². The molecule has 0 radical (unpaired) electrons. The number of hydrogen-bond donors (Lipinski definition) is 2. The third-order valence-corrected chi connectivity index (χ3v) is 13.4. The molecule has 1 aromatic heterocycles. The Bertz CT molecular complexity index is 2660. The Morgan fingerprint density at radius 3 is 1.73 bits per heavy atom. The molecule has 2 aliphatic heterocycles. The van der Waals surface area contributed by atoms with Crippen LogP contribution in [0.25, 0.3) is 0 Å². The summed E-state index contributed by atoms with van der Waals surface area (Å²) in [5.41, 5.74) is 1.66. The summed E-state index contributed by atoms with van der Waals surface area (Å²) >= 11 is 2.66. The number of aromatic nitrogens is 1.